The molecule has 118 valence electrons. The van der Waals surface area contributed by atoms with E-state index in [4.69, 9.17) is 5.73 Å². The van der Waals surface area contributed by atoms with Crippen LogP contribution in [0.25, 0.3) is 0 Å². The van der Waals surface area contributed by atoms with E-state index < -0.39 is 10.0 Å². The van der Waals surface area contributed by atoms with Crippen molar-refractivity contribution < 1.29 is 8.42 Å². The molecule has 0 aliphatic carbocycles. The lowest BCUT2D eigenvalue weighted by atomic mass is 10.0. The topological polar surface area (TPSA) is 75.4 Å². The van der Waals surface area contributed by atoms with Crippen molar-refractivity contribution in [3.63, 3.8) is 0 Å². The zero-order valence-corrected chi connectivity index (χ0v) is 13.6. The third kappa shape index (κ3) is 4.51. The summed E-state index contributed by atoms with van der Waals surface area (Å²) in [4.78, 5) is 2.75. The molecular formula is C15H25N3O2S. The van der Waals surface area contributed by atoms with Crippen LogP contribution in [0, 0.1) is 0 Å². The normalized spacial score (nSPS) is 24.1. The van der Waals surface area contributed by atoms with Crippen molar-refractivity contribution in [1.29, 1.82) is 0 Å². The molecule has 3 N–H and O–H groups in total. The predicted molar refractivity (Wildman–Crippen MR) is 84.7 cm³/mol. The van der Waals surface area contributed by atoms with Crippen LogP contribution in [-0.2, 0) is 22.3 Å². The second kappa shape index (κ2) is 6.87. The Hall–Kier alpha value is -0.950. The van der Waals surface area contributed by atoms with Crippen LogP contribution in [-0.4, -0.2) is 25.5 Å². The molecule has 0 radical (unpaired) electrons. The molecule has 6 heteroatoms. The molecule has 0 aromatic heterocycles. The summed E-state index contributed by atoms with van der Waals surface area (Å²) in [5.74, 6) is -0.00616. The molecular weight excluding hydrogens is 286 g/mol. The van der Waals surface area contributed by atoms with E-state index in [1.807, 2.05) is 29.3 Å². The number of nitrogens with one attached hydrogen (secondary N) is 1. The number of nitrogens with zero attached hydrogens (tertiary/aromatic N) is 1. The summed E-state index contributed by atoms with van der Waals surface area (Å²) in [5, 5.41) is 1.88. The van der Waals surface area contributed by atoms with Crippen molar-refractivity contribution >= 4 is 10.0 Å². The van der Waals surface area contributed by atoms with Crippen LogP contribution >= 0.6 is 0 Å². The van der Waals surface area contributed by atoms with Gasteiger partial charge in [-0.2, -0.15) is 0 Å². The molecule has 1 aliphatic rings. The highest BCUT2D eigenvalue weighted by Gasteiger charge is 2.28. The van der Waals surface area contributed by atoms with Gasteiger partial charge >= 0.3 is 0 Å². The molecule has 0 saturated carbocycles. The fraction of sp³-hybridized carbons (Fsp3) is 0.600. The van der Waals surface area contributed by atoms with Crippen molar-refractivity contribution in [2.24, 2.45) is 5.73 Å². The Labute approximate surface area is 127 Å². The first kappa shape index (κ1) is 16.4. The van der Waals surface area contributed by atoms with Gasteiger partial charge in [0.1, 0.15) is 0 Å². The summed E-state index contributed by atoms with van der Waals surface area (Å²) in [6.07, 6.45) is 3.21. The van der Waals surface area contributed by atoms with E-state index >= 15 is 0 Å². The molecule has 0 spiro atoms. The van der Waals surface area contributed by atoms with Crippen LogP contribution in [0.5, 0.6) is 0 Å². The van der Waals surface area contributed by atoms with E-state index in [9.17, 15) is 8.42 Å². The molecule has 5 nitrogen and oxygen atoms in total. The van der Waals surface area contributed by atoms with Crippen molar-refractivity contribution in [3.05, 3.63) is 35.4 Å². The minimum atomic E-state index is -3.37. The van der Waals surface area contributed by atoms with E-state index in [2.05, 4.69) is 18.7 Å². The predicted octanol–water partition coefficient (Wildman–Crippen LogP) is 1.74. The first-order valence-corrected chi connectivity index (χ1v) is 9.13. The fourth-order valence-corrected chi connectivity index (χ4v) is 4.16. The highest BCUT2D eigenvalue weighted by Crippen LogP contribution is 2.21. The molecule has 1 aliphatic heterocycles. The lowest BCUT2D eigenvalue weighted by Gasteiger charge is -2.38. The molecule has 1 fully saturated rings. The lowest BCUT2D eigenvalue weighted by molar-refractivity contribution is 0.0790. The van der Waals surface area contributed by atoms with Crippen molar-refractivity contribution in [1.82, 2.24) is 9.84 Å². The summed E-state index contributed by atoms with van der Waals surface area (Å²) >= 11 is 0. The second-order valence-corrected chi connectivity index (χ2v) is 7.61. The maximum absolute atomic E-state index is 12.3. The largest absolute Gasteiger partial charge is 0.326 e. The Morgan fingerprint density at radius 2 is 1.67 bits per heavy atom. The van der Waals surface area contributed by atoms with E-state index in [0.29, 0.717) is 6.54 Å². The average Bonchev–Trinajstić information content (AvgIpc) is 2.43. The first-order chi connectivity index (χ1) is 9.91. The standard InChI is InChI=1S/C15H25N3O2S/c1-12-4-3-5-13(2)18(12)17-21(19,20)11-15-8-6-14(10-16)7-9-15/h6-9,12-13,17H,3-5,10-11,16H2,1-2H3. The minimum absolute atomic E-state index is 0.00616. The first-order valence-electron chi connectivity index (χ1n) is 7.47. The number of rotatable bonds is 5. The quantitative estimate of drug-likeness (QED) is 0.868. The molecule has 1 aromatic rings. The lowest BCUT2D eigenvalue weighted by Crippen LogP contribution is -2.54. The Kier molecular flexibility index (Phi) is 5.37. The van der Waals surface area contributed by atoms with Gasteiger partial charge in [0, 0.05) is 18.6 Å². The summed E-state index contributed by atoms with van der Waals surface area (Å²) in [6, 6.07) is 7.87. The second-order valence-electron chi connectivity index (χ2n) is 5.91. The molecule has 2 atom stereocenters. The van der Waals surface area contributed by atoms with Gasteiger partial charge < -0.3 is 5.73 Å². The molecule has 21 heavy (non-hydrogen) atoms. The van der Waals surface area contributed by atoms with E-state index in [1.165, 1.54) is 0 Å². The molecule has 1 heterocycles. The van der Waals surface area contributed by atoms with E-state index in [0.717, 1.165) is 30.4 Å². The molecule has 2 rings (SSSR count). The van der Waals surface area contributed by atoms with Crippen LogP contribution in [0.3, 0.4) is 0 Å². The van der Waals surface area contributed by atoms with Gasteiger partial charge in [0.05, 0.1) is 5.75 Å². The average molecular weight is 311 g/mol. The zero-order valence-electron chi connectivity index (χ0n) is 12.7. The van der Waals surface area contributed by atoms with E-state index in [1.54, 1.807) is 0 Å². The number of hydrogen-bond acceptors (Lipinski definition) is 4. The van der Waals surface area contributed by atoms with Gasteiger partial charge in [0.25, 0.3) is 0 Å². The van der Waals surface area contributed by atoms with Crippen LogP contribution in [0.2, 0.25) is 0 Å². The van der Waals surface area contributed by atoms with Crippen LogP contribution in [0.1, 0.15) is 44.2 Å². The van der Waals surface area contributed by atoms with Gasteiger partial charge in [-0.25, -0.2) is 13.4 Å². The van der Waals surface area contributed by atoms with Gasteiger partial charge in [0.2, 0.25) is 10.0 Å². The third-order valence-electron chi connectivity index (χ3n) is 4.05. The Balaban J connectivity index is 2.03. The monoisotopic (exact) mass is 311 g/mol. The number of sulfonamides is 1. The zero-order chi connectivity index (χ0) is 15.5. The maximum Gasteiger partial charge on any atom is 0.228 e. The Morgan fingerprint density at radius 3 is 2.19 bits per heavy atom. The van der Waals surface area contributed by atoms with Crippen molar-refractivity contribution in [2.45, 2.75) is 57.5 Å². The molecule has 1 aromatic carbocycles. The van der Waals surface area contributed by atoms with Crippen LogP contribution < -0.4 is 10.6 Å². The highest BCUT2D eigenvalue weighted by molar-refractivity contribution is 7.88. The number of hydrazine groups is 1. The number of hydrogen-bond donors (Lipinski definition) is 2. The molecule has 0 bridgehead atoms. The SMILES string of the molecule is CC1CCCC(C)N1NS(=O)(=O)Cc1ccc(CN)cc1. The fourth-order valence-electron chi connectivity index (χ4n) is 2.79. The van der Waals surface area contributed by atoms with Gasteiger partial charge in [0.15, 0.2) is 0 Å². The van der Waals surface area contributed by atoms with Gasteiger partial charge in [-0.05, 0) is 37.8 Å². The van der Waals surface area contributed by atoms with E-state index in [-0.39, 0.29) is 17.8 Å². The summed E-state index contributed by atoms with van der Waals surface area (Å²) < 4.78 is 24.7. The minimum Gasteiger partial charge on any atom is -0.326 e. The van der Waals surface area contributed by atoms with Crippen LogP contribution in [0.15, 0.2) is 24.3 Å². The van der Waals surface area contributed by atoms with Crippen molar-refractivity contribution in [3.8, 4) is 0 Å². The molecule has 1 saturated heterocycles. The smallest absolute Gasteiger partial charge is 0.228 e. The highest BCUT2D eigenvalue weighted by atomic mass is 32.2. The maximum atomic E-state index is 12.3. The van der Waals surface area contributed by atoms with Gasteiger partial charge in [-0.15, -0.1) is 4.83 Å². The summed E-state index contributed by atoms with van der Waals surface area (Å²) in [6.45, 7) is 4.59. The molecule has 0 amide bonds. The number of nitrogens with two attached hydrogens (primary N) is 1. The Morgan fingerprint density at radius 1 is 1.14 bits per heavy atom. The number of piperidine rings is 1. The third-order valence-corrected chi connectivity index (χ3v) is 5.26. The van der Waals surface area contributed by atoms with Gasteiger partial charge in [-0.3, -0.25) is 0 Å². The van der Waals surface area contributed by atoms with Crippen LogP contribution in [0.4, 0.5) is 0 Å². The summed E-state index contributed by atoms with van der Waals surface area (Å²) in [5.41, 5.74) is 7.32. The Bertz CT molecular complexity index is 547. The number of benzene rings is 1. The van der Waals surface area contributed by atoms with Gasteiger partial charge in [-0.1, -0.05) is 30.7 Å². The molecule has 2 unspecified atom stereocenters. The summed E-state index contributed by atoms with van der Waals surface area (Å²) in [7, 11) is -3.37. The van der Waals surface area contributed by atoms with Crippen molar-refractivity contribution in [2.75, 3.05) is 0 Å².